The Balaban J connectivity index is 1.46. The molecule has 0 saturated heterocycles. The summed E-state index contributed by atoms with van der Waals surface area (Å²) in [7, 11) is 0. The molecule has 4 aromatic rings. The van der Waals surface area contributed by atoms with Crippen LogP contribution < -0.4 is 5.32 Å². The lowest BCUT2D eigenvalue weighted by Crippen LogP contribution is -2.22. The van der Waals surface area contributed by atoms with E-state index in [1.165, 1.54) is 12.1 Å². The van der Waals surface area contributed by atoms with E-state index in [1.54, 1.807) is 24.4 Å². The van der Waals surface area contributed by atoms with Gasteiger partial charge < -0.3 is 14.8 Å². The van der Waals surface area contributed by atoms with Crippen LogP contribution in [0, 0.1) is 5.82 Å². The van der Waals surface area contributed by atoms with Crippen molar-refractivity contribution in [1.29, 1.82) is 0 Å². The molecule has 25 heavy (non-hydrogen) atoms. The Hall–Kier alpha value is -3.41. The van der Waals surface area contributed by atoms with Gasteiger partial charge in [-0.05, 0) is 30.3 Å². The van der Waals surface area contributed by atoms with Crippen molar-refractivity contribution in [2.45, 2.75) is 6.54 Å². The number of nitrogens with zero attached hydrogens (tertiary/aromatic N) is 1. The van der Waals surface area contributed by atoms with Gasteiger partial charge in [0.05, 0.1) is 12.1 Å². The maximum Gasteiger partial charge on any atom is 0.253 e. The van der Waals surface area contributed by atoms with Crippen LogP contribution in [0.25, 0.3) is 22.2 Å². The highest BCUT2D eigenvalue weighted by molar-refractivity contribution is 6.06. The lowest BCUT2D eigenvalue weighted by Gasteiger charge is -2.01. The standard InChI is InChI=1S/C19H14FN3O2/c20-13-7-5-12(6-8-13)18-9-14(23-25-18)10-22-19(24)16-11-21-17-4-2-1-3-15(16)17/h1-9,11,21H,10H2,(H,22,24). The summed E-state index contributed by atoms with van der Waals surface area (Å²) in [6, 6.07) is 15.3. The van der Waals surface area contributed by atoms with Gasteiger partial charge in [-0.15, -0.1) is 0 Å². The van der Waals surface area contributed by atoms with Crippen LogP contribution in [0.4, 0.5) is 4.39 Å². The van der Waals surface area contributed by atoms with Gasteiger partial charge in [0.2, 0.25) is 0 Å². The fourth-order valence-corrected chi connectivity index (χ4v) is 2.67. The quantitative estimate of drug-likeness (QED) is 0.594. The summed E-state index contributed by atoms with van der Waals surface area (Å²) in [5.41, 5.74) is 2.81. The number of aromatic amines is 1. The van der Waals surface area contributed by atoms with Crippen LogP contribution in [0.15, 0.2) is 65.3 Å². The summed E-state index contributed by atoms with van der Waals surface area (Å²) in [5.74, 6) is 0.0228. The summed E-state index contributed by atoms with van der Waals surface area (Å²) >= 11 is 0. The third-order valence-electron chi connectivity index (χ3n) is 3.95. The lowest BCUT2D eigenvalue weighted by molar-refractivity contribution is 0.0952. The number of hydrogen-bond donors (Lipinski definition) is 2. The zero-order valence-corrected chi connectivity index (χ0v) is 13.1. The Morgan fingerprint density at radius 2 is 1.96 bits per heavy atom. The molecule has 0 radical (unpaired) electrons. The summed E-state index contributed by atoms with van der Waals surface area (Å²) in [6.45, 7) is 0.239. The van der Waals surface area contributed by atoms with E-state index in [0.717, 1.165) is 16.5 Å². The maximum absolute atomic E-state index is 13.0. The predicted octanol–water partition coefficient (Wildman–Crippen LogP) is 3.89. The number of aromatic nitrogens is 2. The zero-order valence-electron chi connectivity index (χ0n) is 13.1. The van der Waals surface area contributed by atoms with Gasteiger partial charge >= 0.3 is 0 Å². The molecular formula is C19H14FN3O2. The third-order valence-corrected chi connectivity index (χ3v) is 3.95. The van der Waals surface area contributed by atoms with E-state index in [-0.39, 0.29) is 18.3 Å². The first-order chi connectivity index (χ1) is 12.2. The molecule has 0 aliphatic heterocycles. The average Bonchev–Trinajstić information content (AvgIpc) is 3.27. The van der Waals surface area contributed by atoms with Crippen LogP contribution in [0.1, 0.15) is 16.1 Å². The number of hydrogen-bond acceptors (Lipinski definition) is 3. The van der Waals surface area contributed by atoms with Crippen molar-refractivity contribution in [3.05, 3.63) is 77.9 Å². The number of rotatable bonds is 4. The molecule has 1 amide bonds. The van der Waals surface area contributed by atoms with Crippen molar-refractivity contribution in [3.63, 3.8) is 0 Å². The number of carbonyl (C=O) groups is 1. The van der Waals surface area contributed by atoms with Crippen LogP contribution in [-0.2, 0) is 6.54 Å². The predicted molar refractivity (Wildman–Crippen MR) is 91.4 cm³/mol. The van der Waals surface area contributed by atoms with Crippen molar-refractivity contribution in [1.82, 2.24) is 15.5 Å². The molecule has 4 rings (SSSR count). The molecule has 6 heteroatoms. The number of carbonyl (C=O) groups excluding carboxylic acids is 1. The number of benzene rings is 2. The minimum Gasteiger partial charge on any atom is -0.360 e. The summed E-state index contributed by atoms with van der Waals surface area (Å²) in [5, 5.41) is 7.63. The first kappa shape index (κ1) is 15.1. The average molecular weight is 335 g/mol. The fourth-order valence-electron chi connectivity index (χ4n) is 2.67. The normalized spacial score (nSPS) is 10.9. The molecule has 0 spiro atoms. The molecule has 2 heterocycles. The first-order valence-corrected chi connectivity index (χ1v) is 7.76. The van der Waals surface area contributed by atoms with Crippen LogP contribution in [0.5, 0.6) is 0 Å². The molecule has 124 valence electrons. The van der Waals surface area contributed by atoms with E-state index in [0.29, 0.717) is 17.0 Å². The second kappa shape index (κ2) is 6.24. The van der Waals surface area contributed by atoms with Gasteiger partial charge in [-0.2, -0.15) is 0 Å². The zero-order chi connectivity index (χ0) is 17.2. The van der Waals surface area contributed by atoms with Gasteiger partial charge in [-0.1, -0.05) is 23.4 Å². The fraction of sp³-hybridized carbons (Fsp3) is 0.0526. The van der Waals surface area contributed by atoms with E-state index < -0.39 is 0 Å². The molecule has 5 nitrogen and oxygen atoms in total. The number of fused-ring (bicyclic) bond motifs is 1. The maximum atomic E-state index is 13.0. The van der Waals surface area contributed by atoms with Crippen LogP contribution >= 0.6 is 0 Å². The second-order valence-corrected chi connectivity index (χ2v) is 5.62. The highest BCUT2D eigenvalue weighted by Crippen LogP contribution is 2.21. The van der Waals surface area contributed by atoms with E-state index in [9.17, 15) is 9.18 Å². The van der Waals surface area contributed by atoms with Crippen LogP contribution in [-0.4, -0.2) is 16.0 Å². The number of halogens is 1. The van der Waals surface area contributed by atoms with Gasteiger partial charge in [-0.25, -0.2) is 4.39 Å². The molecule has 0 aliphatic carbocycles. The highest BCUT2D eigenvalue weighted by atomic mass is 19.1. The lowest BCUT2D eigenvalue weighted by atomic mass is 10.1. The number of nitrogens with one attached hydrogen (secondary N) is 2. The van der Waals surface area contributed by atoms with Crippen LogP contribution in [0.2, 0.25) is 0 Å². The smallest absolute Gasteiger partial charge is 0.253 e. The first-order valence-electron chi connectivity index (χ1n) is 7.76. The molecule has 0 unspecified atom stereocenters. The van der Waals surface area contributed by atoms with Crippen molar-refractivity contribution in [2.75, 3.05) is 0 Å². The van der Waals surface area contributed by atoms with Gasteiger partial charge in [0, 0.05) is 28.7 Å². The minimum absolute atomic E-state index is 0.191. The second-order valence-electron chi connectivity index (χ2n) is 5.62. The van der Waals surface area contributed by atoms with E-state index in [1.807, 2.05) is 24.3 Å². The van der Waals surface area contributed by atoms with Crippen LogP contribution in [0.3, 0.4) is 0 Å². The van der Waals surface area contributed by atoms with E-state index >= 15 is 0 Å². The number of H-pyrrole nitrogens is 1. The van der Waals surface area contributed by atoms with Gasteiger partial charge in [0.1, 0.15) is 11.5 Å². The monoisotopic (exact) mass is 335 g/mol. The Kier molecular flexibility index (Phi) is 3.78. The molecule has 0 fully saturated rings. The van der Waals surface area contributed by atoms with Crippen molar-refractivity contribution in [3.8, 4) is 11.3 Å². The van der Waals surface area contributed by atoms with Gasteiger partial charge in [0.25, 0.3) is 5.91 Å². The van der Waals surface area contributed by atoms with Crippen molar-refractivity contribution >= 4 is 16.8 Å². The van der Waals surface area contributed by atoms with Gasteiger partial charge in [-0.3, -0.25) is 4.79 Å². The van der Waals surface area contributed by atoms with E-state index in [2.05, 4.69) is 15.5 Å². The molecule has 0 atom stereocenters. The molecule has 0 saturated carbocycles. The SMILES string of the molecule is O=C(NCc1cc(-c2ccc(F)cc2)on1)c1c[nH]c2ccccc12. The Morgan fingerprint density at radius 3 is 2.80 bits per heavy atom. The molecule has 2 aromatic heterocycles. The summed E-state index contributed by atoms with van der Waals surface area (Å²) < 4.78 is 18.2. The Bertz CT molecular complexity index is 1030. The van der Waals surface area contributed by atoms with Crippen molar-refractivity contribution < 1.29 is 13.7 Å². The molecule has 0 aliphatic rings. The minimum atomic E-state index is -0.311. The van der Waals surface area contributed by atoms with Crippen molar-refractivity contribution in [2.24, 2.45) is 0 Å². The largest absolute Gasteiger partial charge is 0.360 e. The van der Waals surface area contributed by atoms with Gasteiger partial charge in [0.15, 0.2) is 5.76 Å². The third kappa shape index (κ3) is 3.01. The van der Waals surface area contributed by atoms with E-state index in [4.69, 9.17) is 4.52 Å². The molecule has 2 aromatic carbocycles. The summed E-state index contributed by atoms with van der Waals surface area (Å²) in [6.07, 6.45) is 1.69. The molecular weight excluding hydrogens is 321 g/mol. The molecule has 2 N–H and O–H groups in total. The highest BCUT2D eigenvalue weighted by Gasteiger charge is 2.13. The summed E-state index contributed by atoms with van der Waals surface area (Å²) in [4.78, 5) is 15.4. The number of amides is 1. The number of para-hydroxylation sites is 1. The Morgan fingerprint density at radius 1 is 1.16 bits per heavy atom. The topological polar surface area (TPSA) is 70.9 Å². The Labute approximate surface area is 142 Å². The molecule has 0 bridgehead atoms.